The minimum absolute atomic E-state index is 0.449. The van der Waals surface area contributed by atoms with Crippen molar-refractivity contribution in [2.45, 2.75) is 38.6 Å². The molecular formula is C15H25NO. The molecule has 1 aromatic rings. The van der Waals surface area contributed by atoms with Gasteiger partial charge in [-0.1, -0.05) is 38.1 Å². The lowest BCUT2D eigenvalue weighted by Crippen LogP contribution is -2.30. The smallest absolute Gasteiger partial charge is 0.0615 e. The van der Waals surface area contributed by atoms with Crippen molar-refractivity contribution in [1.82, 2.24) is 5.32 Å². The average molecular weight is 235 g/mol. The van der Waals surface area contributed by atoms with Gasteiger partial charge in [0.15, 0.2) is 0 Å². The highest BCUT2D eigenvalue weighted by atomic mass is 16.5. The topological polar surface area (TPSA) is 21.3 Å². The zero-order valence-corrected chi connectivity index (χ0v) is 11.5. The summed E-state index contributed by atoms with van der Waals surface area (Å²) in [4.78, 5) is 0. The summed E-state index contributed by atoms with van der Waals surface area (Å²) in [6, 6.07) is 9.42. The maximum Gasteiger partial charge on any atom is 0.0615 e. The molecular weight excluding hydrogens is 210 g/mol. The van der Waals surface area contributed by atoms with E-state index < -0.39 is 0 Å². The summed E-state index contributed by atoms with van der Waals surface area (Å²) in [5.74, 6) is 0.614. The number of benzene rings is 1. The van der Waals surface area contributed by atoms with Gasteiger partial charge in [0.05, 0.1) is 6.61 Å². The molecule has 0 saturated carbocycles. The number of aryl methyl sites for hydroxylation is 1. The van der Waals surface area contributed by atoms with Crippen LogP contribution in [0.1, 0.15) is 37.3 Å². The third-order valence-corrected chi connectivity index (χ3v) is 3.20. The van der Waals surface area contributed by atoms with Gasteiger partial charge in [-0.25, -0.2) is 0 Å². The molecule has 1 atom stereocenters. The van der Waals surface area contributed by atoms with Crippen LogP contribution in [-0.4, -0.2) is 26.8 Å². The molecule has 0 aliphatic heterocycles. The normalized spacial score (nSPS) is 13.0. The van der Waals surface area contributed by atoms with Crippen molar-refractivity contribution in [3.05, 3.63) is 35.4 Å². The largest absolute Gasteiger partial charge is 0.383 e. The maximum absolute atomic E-state index is 5.17. The molecule has 0 radical (unpaired) electrons. The van der Waals surface area contributed by atoms with E-state index in [1.54, 1.807) is 7.11 Å². The van der Waals surface area contributed by atoms with Gasteiger partial charge in [-0.2, -0.15) is 0 Å². The van der Waals surface area contributed by atoms with Crippen LogP contribution < -0.4 is 5.32 Å². The highest BCUT2D eigenvalue weighted by molar-refractivity contribution is 5.24. The van der Waals surface area contributed by atoms with Crippen LogP contribution in [0.2, 0.25) is 0 Å². The summed E-state index contributed by atoms with van der Waals surface area (Å²) in [5.41, 5.74) is 2.82. The summed E-state index contributed by atoms with van der Waals surface area (Å²) in [5, 5.41) is 3.28. The van der Waals surface area contributed by atoms with Crippen LogP contribution in [0.4, 0.5) is 0 Å². The zero-order chi connectivity index (χ0) is 12.7. The number of nitrogens with one attached hydrogen (secondary N) is 1. The first-order chi connectivity index (χ1) is 8.17. The monoisotopic (exact) mass is 235 g/mol. The summed E-state index contributed by atoms with van der Waals surface area (Å²) in [6.45, 7) is 5.23. The van der Waals surface area contributed by atoms with E-state index >= 15 is 0 Å². The van der Waals surface area contributed by atoms with Crippen LogP contribution >= 0.6 is 0 Å². The maximum atomic E-state index is 5.17. The Morgan fingerprint density at radius 2 is 1.82 bits per heavy atom. The van der Waals surface area contributed by atoms with Crippen LogP contribution in [0.5, 0.6) is 0 Å². The minimum Gasteiger partial charge on any atom is -0.383 e. The molecule has 1 aromatic carbocycles. The van der Waals surface area contributed by atoms with E-state index in [2.05, 4.69) is 43.4 Å². The van der Waals surface area contributed by atoms with E-state index in [4.69, 9.17) is 4.74 Å². The van der Waals surface area contributed by atoms with Crippen LogP contribution in [0, 0.1) is 0 Å². The van der Waals surface area contributed by atoms with Crippen molar-refractivity contribution >= 4 is 0 Å². The zero-order valence-electron chi connectivity index (χ0n) is 11.5. The van der Waals surface area contributed by atoms with Crippen LogP contribution in [-0.2, 0) is 11.2 Å². The quantitative estimate of drug-likeness (QED) is 0.784. The standard InChI is InChI=1S/C15H25NO/c1-12(2)14-8-5-13(6-9-14)7-10-15(16-3)11-17-4/h5-6,8-9,12,15-16H,7,10-11H2,1-4H3. The number of rotatable bonds is 7. The summed E-state index contributed by atoms with van der Waals surface area (Å²) in [6.07, 6.45) is 2.22. The molecule has 96 valence electrons. The third-order valence-electron chi connectivity index (χ3n) is 3.20. The number of hydrogen-bond acceptors (Lipinski definition) is 2. The highest BCUT2D eigenvalue weighted by Crippen LogP contribution is 2.15. The first kappa shape index (κ1) is 14.2. The summed E-state index contributed by atoms with van der Waals surface area (Å²) < 4.78 is 5.17. The minimum atomic E-state index is 0.449. The fourth-order valence-electron chi connectivity index (χ4n) is 1.92. The molecule has 0 aliphatic carbocycles. The van der Waals surface area contributed by atoms with Gasteiger partial charge in [-0.3, -0.25) is 0 Å². The van der Waals surface area contributed by atoms with E-state index in [0.29, 0.717) is 12.0 Å². The molecule has 1 unspecified atom stereocenters. The lowest BCUT2D eigenvalue weighted by atomic mass is 9.99. The van der Waals surface area contributed by atoms with Crippen molar-refractivity contribution in [2.24, 2.45) is 0 Å². The van der Waals surface area contributed by atoms with Gasteiger partial charge in [0.1, 0.15) is 0 Å². The number of hydrogen-bond donors (Lipinski definition) is 1. The second-order valence-electron chi connectivity index (χ2n) is 4.88. The molecule has 0 amide bonds. The Kier molecular flexibility index (Phi) is 6.23. The van der Waals surface area contributed by atoms with Gasteiger partial charge in [0.2, 0.25) is 0 Å². The number of ether oxygens (including phenoxy) is 1. The van der Waals surface area contributed by atoms with Crippen molar-refractivity contribution in [1.29, 1.82) is 0 Å². The predicted molar refractivity (Wildman–Crippen MR) is 73.6 cm³/mol. The second-order valence-corrected chi connectivity index (χ2v) is 4.88. The van der Waals surface area contributed by atoms with Gasteiger partial charge in [0.25, 0.3) is 0 Å². The van der Waals surface area contributed by atoms with Crippen molar-refractivity contribution in [3.8, 4) is 0 Å². The Morgan fingerprint density at radius 1 is 1.18 bits per heavy atom. The van der Waals surface area contributed by atoms with Gasteiger partial charge in [-0.15, -0.1) is 0 Å². The number of likely N-dealkylation sites (N-methyl/N-ethyl adjacent to an activating group) is 1. The predicted octanol–water partition coefficient (Wildman–Crippen LogP) is 2.98. The van der Waals surface area contributed by atoms with Crippen LogP contribution in [0.25, 0.3) is 0 Å². The van der Waals surface area contributed by atoms with E-state index in [0.717, 1.165) is 19.4 Å². The summed E-state index contributed by atoms with van der Waals surface area (Å²) in [7, 11) is 3.74. The Hall–Kier alpha value is -0.860. The molecule has 0 heterocycles. The number of methoxy groups -OCH3 is 1. The molecule has 2 heteroatoms. The molecule has 2 nitrogen and oxygen atoms in total. The van der Waals surface area contributed by atoms with E-state index in [1.165, 1.54) is 11.1 Å². The molecule has 0 aliphatic rings. The van der Waals surface area contributed by atoms with E-state index in [1.807, 2.05) is 7.05 Å². The van der Waals surface area contributed by atoms with E-state index in [9.17, 15) is 0 Å². The van der Waals surface area contributed by atoms with Crippen molar-refractivity contribution in [2.75, 3.05) is 20.8 Å². The molecule has 17 heavy (non-hydrogen) atoms. The van der Waals surface area contributed by atoms with Crippen LogP contribution in [0.15, 0.2) is 24.3 Å². The average Bonchev–Trinajstić information content (AvgIpc) is 2.35. The first-order valence-corrected chi connectivity index (χ1v) is 6.42. The van der Waals surface area contributed by atoms with Crippen LogP contribution in [0.3, 0.4) is 0 Å². The highest BCUT2D eigenvalue weighted by Gasteiger charge is 2.06. The van der Waals surface area contributed by atoms with Gasteiger partial charge in [-0.05, 0) is 36.9 Å². The third kappa shape index (κ3) is 4.88. The molecule has 0 saturated heterocycles. The Labute approximate surface area is 105 Å². The second kappa shape index (κ2) is 7.46. The van der Waals surface area contributed by atoms with Crippen molar-refractivity contribution in [3.63, 3.8) is 0 Å². The van der Waals surface area contributed by atoms with E-state index in [-0.39, 0.29) is 0 Å². The summed E-state index contributed by atoms with van der Waals surface area (Å²) >= 11 is 0. The first-order valence-electron chi connectivity index (χ1n) is 6.42. The fraction of sp³-hybridized carbons (Fsp3) is 0.600. The van der Waals surface area contributed by atoms with Crippen molar-refractivity contribution < 1.29 is 4.74 Å². The molecule has 0 bridgehead atoms. The molecule has 0 aromatic heterocycles. The van der Waals surface area contributed by atoms with Gasteiger partial charge >= 0.3 is 0 Å². The molecule has 1 rings (SSSR count). The SMILES string of the molecule is CNC(CCc1ccc(C(C)C)cc1)COC. The molecule has 1 N–H and O–H groups in total. The van der Waals surface area contributed by atoms with Gasteiger partial charge < -0.3 is 10.1 Å². The lowest BCUT2D eigenvalue weighted by molar-refractivity contribution is 0.166. The molecule has 0 spiro atoms. The molecule has 0 fully saturated rings. The Balaban J connectivity index is 2.46. The Morgan fingerprint density at radius 3 is 2.29 bits per heavy atom. The fourth-order valence-corrected chi connectivity index (χ4v) is 1.92. The van der Waals surface area contributed by atoms with Gasteiger partial charge in [0, 0.05) is 13.2 Å². The Bertz CT molecular complexity index is 305. The lowest BCUT2D eigenvalue weighted by Gasteiger charge is -2.15.